The molecular formula is C22H24F2N8O. The fourth-order valence-electron chi connectivity index (χ4n) is 4.23. The van der Waals surface area contributed by atoms with Crippen molar-refractivity contribution in [3.8, 4) is 11.3 Å². The first kappa shape index (κ1) is 21.4. The van der Waals surface area contributed by atoms with Crippen LogP contribution < -0.4 is 16.0 Å². The number of piperidine rings is 1. The van der Waals surface area contributed by atoms with Gasteiger partial charge in [-0.25, -0.2) is 18.3 Å². The second-order valence-corrected chi connectivity index (χ2v) is 8.30. The first-order chi connectivity index (χ1) is 16.0. The summed E-state index contributed by atoms with van der Waals surface area (Å²) in [7, 11) is 0. The van der Waals surface area contributed by atoms with Crippen molar-refractivity contribution in [1.82, 2.24) is 30.2 Å². The first-order valence-corrected chi connectivity index (χ1v) is 10.9. The van der Waals surface area contributed by atoms with Crippen molar-refractivity contribution in [3.63, 3.8) is 0 Å². The number of nitrogens with zero attached hydrogens (tertiary/aromatic N) is 5. The van der Waals surface area contributed by atoms with Crippen molar-refractivity contribution in [2.75, 3.05) is 18.4 Å². The van der Waals surface area contributed by atoms with Crippen molar-refractivity contribution in [3.05, 3.63) is 36.3 Å². The lowest BCUT2D eigenvalue weighted by Crippen LogP contribution is -2.41. The van der Waals surface area contributed by atoms with Gasteiger partial charge >= 0.3 is 0 Å². The Bertz CT molecular complexity index is 1220. The molecule has 3 aromatic rings. The minimum absolute atomic E-state index is 0.00387. The molecule has 2 aliphatic rings. The van der Waals surface area contributed by atoms with Crippen LogP contribution in [0.25, 0.3) is 16.8 Å². The van der Waals surface area contributed by atoms with Gasteiger partial charge in [-0.1, -0.05) is 0 Å². The van der Waals surface area contributed by atoms with Crippen molar-refractivity contribution < 1.29 is 13.6 Å². The molecule has 0 aromatic carbocycles. The highest BCUT2D eigenvalue weighted by Crippen LogP contribution is 2.30. The number of alkyl halides is 2. The maximum absolute atomic E-state index is 12.6. The summed E-state index contributed by atoms with van der Waals surface area (Å²) in [5, 5.41) is 13.4. The molecule has 33 heavy (non-hydrogen) atoms. The zero-order valence-corrected chi connectivity index (χ0v) is 18.1. The number of nitrogens with one attached hydrogen (secondary N) is 3. The molecule has 3 aromatic heterocycles. The van der Waals surface area contributed by atoms with Crippen LogP contribution in [0.5, 0.6) is 0 Å². The number of amides is 1. The van der Waals surface area contributed by atoms with Gasteiger partial charge in [0.05, 0.1) is 41.4 Å². The summed E-state index contributed by atoms with van der Waals surface area (Å²) >= 11 is 0. The van der Waals surface area contributed by atoms with Crippen LogP contribution in [-0.4, -0.2) is 62.8 Å². The van der Waals surface area contributed by atoms with Crippen LogP contribution in [0, 0.1) is 0 Å². The second-order valence-electron chi connectivity index (χ2n) is 8.30. The minimum Gasteiger partial charge on any atom is -0.356 e. The number of fused-ring (bicyclic) bond motifs is 2. The van der Waals surface area contributed by atoms with E-state index in [1.54, 1.807) is 10.7 Å². The van der Waals surface area contributed by atoms with Crippen molar-refractivity contribution in [1.29, 1.82) is 0 Å². The van der Waals surface area contributed by atoms with E-state index in [2.05, 4.69) is 31.0 Å². The third-order valence-corrected chi connectivity index (χ3v) is 5.94. The van der Waals surface area contributed by atoms with Gasteiger partial charge < -0.3 is 16.0 Å². The van der Waals surface area contributed by atoms with Crippen molar-refractivity contribution in [2.24, 2.45) is 4.99 Å². The molecule has 0 saturated carbocycles. The predicted octanol–water partition coefficient (Wildman–Crippen LogP) is 2.35. The molecule has 0 aliphatic carbocycles. The Morgan fingerprint density at radius 2 is 2.15 bits per heavy atom. The number of anilines is 1. The summed E-state index contributed by atoms with van der Waals surface area (Å²) in [5.41, 5.74) is 4.69. The number of halogens is 2. The number of rotatable bonds is 6. The maximum Gasteiger partial charge on any atom is 0.250 e. The largest absolute Gasteiger partial charge is 0.356 e. The molecule has 2 atom stereocenters. The minimum atomic E-state index is -2.42. The predicted molar refractivity (Wildman–Crippen MR) is 120 cm³/mol. The van der Waals surface area contributed by atoms with Crippen LogP contribution in [0.4, 0.5) is 20.4 Å². The Morgan fingerprint density at radius 3 is 2.97 bits per heavy atom. The molecule has 1 amide bonds. The average Bonchev–Trinajstić information content (AvgIpc) is 3.20. The normalized spacial score (nSPS) is 20.5. The molecule has 172 valence electrons. The monoisotopic (exact) mass is 454 g/mol. The summed E-state index contributed by atoms with van der Waals surface area (Å²) in [4.78, 5) is 25.3. The summed E-state index contributed by atoms with van der Waals surface area (Å²) in [6.45, 7) is 2.10. The topological polar surface area (TPSA) is 109 Å². The number of carbonyl (C=O) groups excluding carboxylic acids is 1. The number of hydrogen-bond acceptors (Lipinski definition) is 7. The Hall–Kier alpha value is -3.47. The molecule has 0 bridgehead atoms. The Labute approximate surface area is 188 Å². The highest BCUT2D eigenvalue weighted by molar-refractivity contribution is 5.92. The molecule has 5 rings (SSSR count). The van der Waals surface area contributed by atoms with Gasteiger partial charge in [0.1, 0.15) is 0 Å². The van der Waals surface area contributed by atoms with Gasteiger partial charge in [-0.3, -0.25) is 14.8 Å². The molecule has 5 heterocycles. The molecule has 1 saturated heterocycles. The van der Waals surface area contributed by atoms with E-state index < -0.39 is 6.43 Å². The highest BCUT2D eigenvalue weighted by Gasteiger charge is 2.23. The molecular weight excluding hydrogens is 430 g/mol. The molecule has 2 unspecified atom stereocenters. The molecule has 1 fully saturated rings. The fraction of sp³-hybridized carbons (Fsp3) is 0.409. The Balaban J connectivity index is 1.37. The van der Waals surface area contributed by atoms with E-state index in [-0.39, 0.29) is 24.5 Å². The summed E-state index contributed by atoms with van der Waals surface area (Å²) in [6.07, 6.45) is 2.85. The molecule has 0 spiro atoms. The number of aliphatic imine (C=N–C) groups is 1. The van der Waals surface area contributed by atoms with Gasteiger partial charge in [0.15, 0.2) is 0 Å². The van der Waals surface area contributed by atoms with Gasteiger partial charge in [0, 0.05) is 42.9 Å². The third-order valence-electron chi connectivity index (χ3n) is 5.94. The van der Waals surface area contributed by atoms with E-state index in [0.29, 0.717) is 25.3 Å². The van der Waals surface area contributed by atoms with Gasteiger partial charge in [-0.05, 0) is 31.5 Å². The summed E-state index contributed by atoms with van der Waals surface area (Å²) in [6, 6.07) is 5.45. The van der Waals surface area contributed by atoms with Gasteiger partial charge in [-0.2, -0.15) is 0 Å². The van der Waals surface area contributed by atoms with Crippen molar-refractivity contribution >= 4 is 28.8 Å². The zero-order valence-electron chi connectivity index (χ0n) is 18.1. The molecule has 2 aliphatic heterocycles. The van der Waals surface area contributed by atoms with Crippen LogP contribution in [0.1, 0.15) is 25.5 Å². The van der Waals surface area contributed by atoms with E-state index in [1.807, 2.05) is 31.3 Å². The summed E-state index contributed by atoms with van der Waals surface area (Å²) in [5.74, 6) is 0.480. The molecule has 9 nitrogen and oxygen atoms in total. The number of carbonyl (C=O) groups is 1. The number of pyridine rings is 1. The standard InChI is InChI=1S/C22H24F2N8O/c1-12-17(26-11-20(23)24)9-18-16(28-12)3-2-15(30-18)14-5-7-32-19(14)10-27-22(31-32)29-13-4-6-25-21(33)8-13/h2-3,5,7,10,13,17,20,26H,4,6,8-9,11H2,1H3,(H,25,33)(H,29,31). The molecule has 11 heteroatoms. The van der Waals surface area contributed by atoms with Crippen LogP contribution in [0.15, 0.2) is 35.6 Å². The lowest BCUT2D eigenvalue weighted by Gasteiger charge is -2.23. The lowest BCUT2D eigenvalue weighted by atomic mass is 10.0. The van der Waals surface area contributed by atoms with Gasteiger partial charge in [0.2, 0.25) is 11.9 Å². The van der Waals surface area contributed by atoms with E-state index in [0.717, 1.165) is 40.3 Å². The highest BCUT2D eigenvalue weighted by atomic mass is 19.3. The Morgan fingerprint density at radius 1 is 1.27 bits per heavy atom. The zero-order chi connectivity index (χ0) is 22.9. The van der Waals surface area contributed by atoms with Gasteiger partial charge in [0.25, 0.3) is 6.43 Å². The third kappa shape index (κ3) is 4.54. The quantitative estimate of drug-likeness (QED) is 0.528. The smallest absolute Gasteiger partial charge is 0.250 e. The lowest BCUT2D eigenvalue weighted by molar-refractivity contribution is -0.122. The molecule has 3 N–H and O–H groups in total. The van der Waals surface area contributed by atoms with E-state index in [4.69, 9.17) is 4.98 Å². The van der Waals surface area contributed by atoms with Crippen LogP contribution in [-0.2, 0) is 11.2 Å². The van der Waals surface area contributed by atoms with E-state index in [9.17, 15) is 13.6 Å². The van der Waals surface area contributed by atoms with E-state index in [1.165, 1.54) is 0 Å². The van der Waals surface area contributed by atoms with Gasteiger partial charge in [-0.15, -0.1) is 5.10 Å². The molecule has 0 radical (unpaired) electrons. The second kappa shape index (κ2) is 8.81. The maximum atomic E-state index is 12.6. The van der Waals surface area contributed by atoms with Crippen LogP contribution >= 0.6 is 0 Å². The first-order valence-electron chi connectivity index (χ1n) is 10.9. The Kier molecular flexibility index (Phi) is 5.71. The summed E-state index contributed by atoms with van der Waals surface area (Å²) < 4.78 is 27.0. The van der Waals surface area contributed by atoms with Crippen molar-refractivity contribution in [2.45, 2.75) is 44.7 Å². The number of aromatic nitrogens is 4. The van der Waals surface area contributed by atoms with Crippen LogP contribution in [0.2, 0.25) is 0 Å². The average molecular weight is 454 g/mol. The van der Waals surface area contributed by atoms with E-state index >= 15 is 0 Å². The van der Waals surface area contributed by atoms with Crippen LogP contribution in [0.3, 0.4) is 0 Å². The fourth-order valence-corrected chi connectivity index (χ4v) is 4.23. The number of hydrogen-bond donors (Lipinski definition) is 3. The SMILES string of the molecule is CC1=Nc2ccc(-c3ccn4nc(NC5CCNC(=O)C5)ncc34)nc2CC1NCC(F)F.